The minimum Gasteiger partial charge on any atom is -0.449 e. The Morgan fingerprint density at radius 1 is 1.00 bits per heavy atom. The van der Waals surface area contributed by atoms with E-state index in [1.165, 1.54) is 11.1 Å². The monoisotopic (exact) mass is 444 g/mol. The van der Waals surface area contributed by atoms with Gasteiger partial charge in [0.1, 0.15) is 25.4 Å². The van der Waals surface area contributed by atoms with E-state index in [2.05, 4.69) is 34.9 Å². The van der Waals surface area contributed by atoms with Crippen molar-refractivity contribution in [2.75, 3.05) is 11.9 Å². The fourth-order valence-corrected chi connectivity index (χ4v) is 4.35. The van der Waals surface area contributed by atoms with Crippen molar-refractivity contribution in [3.63, 3.8) is 0 Å². The summed E-state index contributed by atoms with van der Waals surface area (Å²) >= 11 is 0. The molecule has 2 amide bonds. The lowest BCUT2D eigenvalue weighted by Gasteiger charge is -2.23. The molecule has 2 N–H and O–H groups in total. The van der Waals surface area contributed by atoms with Gasteiger partial charge in [-0.1, -0.05) is 68.8 Å². The first-order valence-electron chi connectivity index (χ1n) is 11.4. The lowest BCUT2D eigenvalue weighted by Crippen LogP contribution is -2.48. The van der Waals surface area contributed by atoms with Crippen LogP contribution >= 0.6 is 0 Å². The number of alkyl carbamates (subject to hydrolysis) is 1. The van der Waals surface area contributed by atoms with Gasteiger partial charge in [0.2, 0.25) is 5.91 Å². The standard InChI is InChI=1S/C27H29N3O3/c1-4-18(2)25(26(31)28-19-10-9-15-30(3)16-19)29-27(32)33-17-24-22-13-7-5-11-20(22)21-12-6-8-14-23(21)24/h5-16,18,24-25H,4,17H2,1-3H3,(H-,28,29,31,32)/p+1. The van der Waals surface area contributed by atoms with Gasteiger partial charge in [-0.3, -0.25) is 4.79 Å². The number of nitrogens with zero attached hydrogens (tertiary/aromatic N) is 1. The Balaban J connectivity index is 1.43. The molecule has 0 aliphatic heterocycles. The molecular formula is C27H30N3O3+. The summed E-state index contributed by atoms with van der Waals surface area (Å²) in [6.45, 7) is 4.15. The van der Waals surface area contributed by atoms with Crippen molar-refractivity contribution in [1.82, 2.24) is 5.32 Å². The molecule has 1 aromatic heterocycles. The highest BCUT2D eigenvalue weighted by atomic mass is 16.5. The zero-order valence-corrected chi connectivity index (χ0v) is 19.2. The average Bonchev–Trinajstić information content (AvgIpc) is 3.14. The predicted octanol–water partition coefficient (Wildman–Crippen LogP) is 4.40. The zero-order valence-electron chi connectivity index (χ0n) is 19.2. The van der Waals surface area contributed by atoms with Crippen LogP contribution < -0.4 is 15.2 Å². The second-order valence-corrected chi connectivity index (χ2v) is 8.58. The summed E-state index contributed by atoms with van der Waals surface area (Å²) in [4.78, 5) is 25.7. The number of amides is 2. The molecule has 3 aromatic rings. The van der Waals surface area contributed by atoms with Crippen LogP contribution in [0.2, 0.25) is 0 Å². The van der Waals surface area contributed by atoms with E-state index in [1.807, 2.05) is 74.3 Å². The number of fused-ring (bicyclic) bond motifs is 3. The van der Waals surface area contributed by atoms with E-state index in [9.17, 15) is 9.59 Å². The minimum atomic E-state index is -0.698. The molecule has 2 aromatic carbocycles. The van der Waals surface area contributed by atoms with Crippen LogP contribution in [0.5, 0.6) is 0 Å². The molecule has 0 fully saturated rings. The van der Waals surface area contributed by atoms with Crippen LogP contribution in [0.4, 0.5) is 10.5 Å². The highest BCUT2D eigenvalue weighted by Gasteiger charge is 2.31. The van der Waals surface area contributed by atoms with Crippen LogP contribution in [-0.4, -0.2) is 24.6 Å². The fraction of sp³-hybridized carbons (Fsp3) is 0.296. The molecule has 1 heterocycles. The Morgan fingerprint density at radius 3 is 2.24 bits per heavy atom. The number of ether oxygens (including phenoxy) is 1. The van der Waals surface area contributed by atoms with Gasteiger partial charge >= 0.3 is 6.09 Å². The molecule has 2 unspecified atom stereocenters. The van der Waals surface area contributed by atoms with E-state index in [4.69, 9.17) is 4.74 Å². The summed E-state index contributed by atoms with van der Waals surface area (Å²) in [6, 6.07) is 19.4. The van der Waals surface area contributed by atoms with E-state index in [-0.39, 0.29) is 24.3 Å². The Morgan fingerprint density at radius 2 is 1.64 bits per heavy atom. The summed E-state index contributed by atoms with van der Waals surface area (Å²) < 4.78 is 7.50. The third-order valence-corrected chi connectivity index (χ3v) is 6.32. The van der Waals surface area contributed by atoms with Gasteiger partial charge in [0.25, 0.3) is 0 Å². The molecular weight excluding hydrogens is 414 g/mol. The van der Waals surface area contributed by atoms with Gasteiger partial charge in [0.15, 0.2) is 12.4 Å². The highest BCUT2D eigenvalue weighted by Crippen LogP contribution is 2.44. The van der Waals surface area contributed by atoms with Crippen molar-refractivity contribution in [2.24, 2.45) is 13.0 Å². The van der Waals surface area contributed by atoms with Gasteiger partial charge in [-0.25, -0.2) is 9.36 Å². The van der Waals surface area contributed by atoms with Gasteiger partial charge in [-0.2, -0.15) is 0 Å². The molecule has 6 heteroatoms. The van der Waals surface area contributed by atoms with Crippen LogP contribution in [0.1, 0.15) is 37.3 Å². The quantitative estimate of drug-likeness (QED) is 0.531. The third-order valence-electron chi connectivity index (χ3n) is 6.32. The van der Waals surface area contributed by atoms with E-state index in [0.717, 1.165) is 17.5 Å². The number of aromatic nitrogens is 1. The Bertz CT molecular complexity index is 1120. The highest BCUT2D eigenvalue weighted by molar-refractivity contribution is 5.96. The summed E-state index contributed by atoms with van der Waals surface area (Å²) in [5, 5.41) is 5.69. The van der Waals surface area contributed by atoms with Crippen LogP contribution in [0.25, 0.3) is 11.1 Å². The minimum absolute atomic E-state index is 0.0247. The number of carbonyl (C=O) groups excluding carboxylic acids is 2. The maximum absolute atomic E-state index is 13.0. The number of hydrogen-bond donors (Lipinski definition) is 2. The molecule has 0 saturated carbocycles. The van der Waals surface area contributed by atoms with E-state index >= 15 is 0 Å². The molecule has 0 radical (unpaired) electrons. The van der Waals surface area contributed by atoms with Crippen LogP contribution in [-0.2, 0) is 16.6 Å². The fourth-order valence-electron chi connectivity index (χ4n) is 4.35. The largest absolute Gasteiger partial charge is 0.449 e. The average molecular weight is 445 g/mol. The van der Waals surface area contributed by atoms with Crippen molar-refractivity contribution in [3.05, 3.63) is 84.2 Å². The van der Waals surface area contributed by atoms with Crippen molar-refractivity contribution in [2.45, 2.75) is 32.2 Å². The van der Waals surface area contributed by atoms with Crippen molar-refractivity contribution >= 4 is 17.7 Å². The zero-order chi connectivity index (χ0) is 23.4. The third kappa shape index (κ3) is 4.90. The van der Waals surface area contributed by atoms with Gasteiger partial charge in [-0.05, 0) is 34.2 Å². The molecule has 6 nitrogen and oxygen atoms in total. The van der Waals surface area contributed by atoms with Crippen molar-refractivity contribution in [1.29, 1.82) is 0 Å². The first-order chi connectivity index (χ1) is 16.0. The Labute approximate surface area is 194 Å². The van der Waals surface area contributed by atoms with Crippen LogP contribution in [0.3, 0.4) is 0 Å². The maximum Gasteiger partial charge on any atom is 0.407 e. The SMILES string of the molecule is CCC(C)C(NC(=O)OCC1c2ccccc2-c2ccccc21)C(=O)Nc1ccc[n+](C)c1. The molecule has 0 bridgehead atoms. The number of nitrogens with one attached hydrogen (secondary N) is 2. The molecule has 2 atom stereocenters. The Hall–Kier alpha value is -3.67. The molecule has 4 rings (SSSR count). The number of anilines is 1. The van der Waals surface area contributed by atoms with E-state index in [1.54, 1.807) is 0 Å². The van der Waals surface area contributed by atoms with Crippen LogP contribution in [0.15, 0.2) is 73.1 Å². The molecule has 1 aliphatic carbocycles. The van der Waals surface area contributed by atoms with Gasteiger partial charge in [0.05, 0.1) is 0 Å². The van der Waals surface area contributed by atoms with E-state index in [0.29, 0.717) is 5.69 Å². The topological polar surface area (TPSA) is 71.3 Å². The first-order valence-corrected chi connectivity index (χ1v) is 11.4. The normalized spacial score (nSPS) is 14.0. The van der Waals surface area contributed by atoms with Gasteiger partial charge < -0.3 is 15.4 Å². The second kappa shape index (κ2) is 9.86. The van der Waals surface area contributed by atoms with E-state index < -0.39 is 12.1 Å². The first kappa shape index (κ1) is 22.5. The molecule has 33 heavy (non-hydrogen) atoms. The predicted molar refractivity (Wildman–Crippen MR) is 128 cm³/mol. The number of rotatable bonds is 7. The Kier molecular flexibility index (Phi) is 6.73. The lowest BCUT2D eigenvalue weighted by atomic mass is 9.98. The number of hydrogen-bond acceptors (Lipinski definition) is 3. The maximum atomic E-state index is 13.0. The number of carbonyl (C=O) groups is 2. The summed E-state index contributed by atoms with van der Waals surface area (Å²) in [5.74, 6) is -0.338. The van der Waals surface area contributed by atoms with Crippen LogP contribution in [0, 0.1) is 5.92 Å². The number of benzene rings is 2. The lowest BCUT2D eigenvalue weighted by molar-refractivity contribution is -0.670. The smallest absolute Gasteiger partial charge is 0.407 e. The second-order valence-electron chi connectivity index (χ2n) is 8.58. The number of aryl methyl sites for hydroxylation is 1. The molecule has 170 valence electrons. The van der Waals surface area contributed by atoms with Crippen molar-refractivity contribution < 1.29 is 18.9 Å². The van der Waals surface area contributed by atoms with Gasteiger partial charge in [-0.15, -0.1) is 0 Å². The van der Waals surface area contributed by atoms with Crippen molar-refractivity contribution in [3.8, 4) is 11.1 Å². The molecule has 0 saturated heterocycles. The number of pyridine rings is 1. The molecule has 0 spiro atoms. The molecule has 1 aliphatic rings. The summed E-state index contributed by atoms with van der Waals surface area (Å²) in [6.07, 6.45) is 3.86. The summed E-state index contributed by atoms with van der Waals surface area (Å²) in [7, 11) is 1.89. The van der Waals surface area contributed by atoms with Gasteiger partial charge in [0, 0.05) is 12.0 Å². The summed E-state index contributed by atoms with van der Waals surface area (Å²) in [5.41, 5.74) is 5.33.